The summed E-state index contributed by atoms with van der Waals surface area (Å²) in [4.78, 5) is 10.9. The highest BCUT2D eigenvalue weighted by atomic mass is 16.5. The van der Waals surface area contributed by atoms with E-state index in [4.69, 9.17) is 14.6 Å². The Morgan fingerprint density at radius 1 is 1.29 bits per heavy atom. The van der Waals surface area contributed by atoms with Crippen LogP contribution in [0.15, 0.2) is 6.07 Å². The molecule has 0 amide bonds. The van der Waals surface area contributed by atoms with E-state index in [1.165, 1.54) is 14.2 Å². The summed E-state index contributed by atoms with van der Waals surface area (Å²) in [6.45, 7) is 3.45. The minimum Gasteiger partial charge on any atom is -0.496 e. The molecule has 2 N–H and O–H groups in total. The van der Waals surface area contributed by atoms with Crippen molar-refractivity contribution in [3.05, 3.63) is 22.8 Å². The maximum Gasteiger partial charge on any atom is 0.337 e. The molecule has 1 rings (SSSR count). The predicted octanol–water partition coefficient (Wildman–Crippen LogP) is 1.44. The van der Waals surface area contributed by atoms with Crippen LogP contribution < -0.4 is 9.47 Å². The number of carbonyl (C=O) groups is 1. The molecule has 1 unspecified atom stereocenters. The third-order valence-corrected chi connectivity index (χ3v) is 2.66. The van der Waals surface area contributed by atoms with E-state index >= 15 is 0 Å². The lowest BCUT2D eigenvalue weighted by molar-refractivity contribution is -0.147. The standard InChI is InChI=1S/C12H16O5/c1-6-5-8(16-3)7(2)9(11(6)17-4)10(13)12(14)15/h5,10,13H,1-4H3,(H,14,15). The van der Waals surface area contributed by atoms with Gasteiger partial charge in [0.25, 0.3) is 0 Å². The van der Waals surface area contributed by atoms with Crippen LogP contribution in [0.3, 0.4) is 0 Å². The second-order valence-corrected chi connectivity index (χ2v) is 3.71. The number of benzene rings is 1. The molecule has 1 aromatic rings. The summed E-state index contributed by atoms with van der Waals surface area (Å²) in [7, 11) is 2.93. The molecule has 0 fully saturated rings. The summed E-state index contributed by atoms with van der Waals surface area (Å²) in [6, 6.07) is 1.74. The molecule has 0 heterocycles. The number of rotatable bonds is 4. The summed E-state index contributed by atoms with van der Waals surface area (Å²) < 4.78 is 10.3. The van der Waals surface area contributed by atoms with Gasteiger partial charge in [0.2, 0.25) is 0 Å². The Bertz CT molecular complexity index is 439. The van der Waals surface area contributed by atoms with Crippen LogP contribution in [0, 0.1) is 13.8 Å². The molecule has 94 valence electrons. The van der Waals surface area contributed by atoms with Crippen LogP contribution in [0.25, 0.3) is 0 Å². The topological polar surface area (TPSA) is 76.0 Å². The van der Waals surface area contributed by atoms with Crippen molar-refractivity contribution in [2.75, 3.05) is 14.2 Å². The lowest BCUT2D eigenvalue weighted by Gasteiger charge is -2.19. The first-order chi connectivity index (χ1) is 7.93. The Labute approximate surface area is 99.6 Å². The largest absolute Gasteiger partial charge is 0.496 e. The molecule has 0 aliphatic rings. The van der Waals surface area contributed by atoms with Crippen LogP contribution in [0.2, 0.25) is 0 Å². The van der Waals surface area contributed by atoms with E-state index in [2.05, 4.69) is 0 Å². The summed E-state index contributed by atoms with van der Waals surface area (Å²) in [5, 5.41) is 18.6. The van der Waals surface area contributed by atoms with Crippen molar-refractivity contribution in [1.29, 1.82) is 0 Å². The van der Waals surface area contributed by atoms with Crippen molar-refractivity contribution in [1.82, 2.24) is 0 Å². The van der Waals surface area contributed by atoms with Crippen molar-refractivity contribution in [3.63, 3.8) is 0 Å². The normalized spacial score (nSPS) is 12.1. The fraction of sp³-hybridized carbons (Fsp3) is 0.417. The van der Waals surface area contributed by atoms with Crippen LogP contribution in [0.4, 0.5) is 0 Å². The van der Waals surface area contributed by atoms with Gasteiger partial charge >= 0.3 is 5.97 Å². The van der Waals surface area contributed by atoms with Gasteiger partial charge in [-0.2, -0.15) is 0 Å². The maximum absolute atomic E-state index is 10.9. The summed E-state index contributed by atoms with van der Waals surface area (Å²) >= 11 is 0. The van der Waals surface area contributed by atoms with Crippen molar-refractivity contribution < 1.29 is 24.5 Å². The minimum atomic E-state index is -1.63. The molecule has 0 saturated heterocycles. The average Bonchev–Trinajstić information content (AvgIpc) is 2.29. The number of aryl methyl sites for hydroxylation is 1. The Kier molecular flexibility index (Phi) is 3.96. The molecule has 0 aromatic heterocycles. The first-order valence-electron chi connectivity index (χ1n) is 5.07. The monoisotopic (exact) mass is 240 g/mol. The number of aliphatic hydroxyl groups excluding tert-OH is 1. The van der Waals surface area contributed by atoms with Gasteiger partial charge in [0, 0.05) is 11.1 Å². The maximum atomic E-state index is 10.9. The minimum absolute atomic E-state index is 0.233. The van der Waals surface area contributed by atoms with E-state index in [0.717, 1.165) is 0 Å². The summed E-state index contributed by atoms with van der Waals surface area (Å²) in [5.74, 6) is -0.421. The Hall–Kier alpha value is -1.75. The smallest absolute Gasteiger partial charge is 0.337 e. The third kappa shape index (κ3) is 2.34. The van der Waals surface area contributed by atoms with Gasteiger partial charge in [-0.15, -0.1) is 0 Å². The van der Waals surface area contributed by atoms with Gasteiger partial charge in [0.15, 0.2) is 6.10 Å². The SMILES string of the molecule is COc1cc(C)c(OC)c(C(O)C(=O)O)c1C. The van der Waals surface area contributed by atoms with Gasteiger partial charge < -0.3 is 19.7 Å². The molecule has 1 atom stereocenters. The molecule has 0 spiro atoms. The highest BCUT2D eigenvalue weighted by Gasteiger charge is 2.26. The highest BCUT2D eigenvalue weighted by Crippen LogP contribution is 2.37. The number of aliphatic carboxylic acids is 1. The zero-order valence-corrected chi connectivity index (χ0v) is 10.3. The molecule has 0 saturated carbocycles. The lowest BCUT2D eigenvalue weighted by atomic mass is 9.98. The first kappa shape index (κ1) is 13.3. The first-order valence-corrected chi connectivity index (χ1v) is 5.07. The van der Waals surface area contributed by atoms with E-state index in [1.54, 1.807) is 19.9 Å². The second-order valence-electron chi connectivity index (χ2n) is 3.71. The van der Waals surface area contributed by atoms with Gasteiger partial charge in [-0.25, -0.2) is 4.79 Å². The second kappa shape index (κ2) is 5.05. The zero-order valence-electron chi connectivity index (χ0n) is 10.3. The number of aliphatic hydroxyl groups is 1. The van der Waals surface area contributed by atoms with Crippen molar-refractivity contribution in [2.45, 2.75) is 20.0 Å². The van der Waals surface area contributed by atoms with Crippen molar-refractivity contribution >= 4 is 5.97 Å². The zero-order chi connectivity index (χ0) is 13.2. The van der Waals surface area contributed by atoms with E-state index < -0.39 is 12.1 Å². The number of carboxylic acids is 1. The third-order valence-electron chi connectivity index (χ3n) is 2.66. The van der Waals surface area contributed by atoms with E-state index in [1.807, 2.05) is 0 Å². The number of hydrogen-bond acceptors (Lipinski definition) is 4. The van der Waals surface area contributed by atoms with Crippen LogP contribution >= 0.6 is 0 Å². The van der Waals surface area contributed by atoms with Crippen LogP contribution in [-0.4, -0.2) is 30.4 Å². The average molecular weight is 240 g/mol. The molecule has 0 bridgehead atoms. The molecule has 5 nitrogen and oxygen atoms in total. The van der Waals surface area contributed by atoms with Gasteiger partial charge in [-0.1, -0.05) is 0 Å². The van der Waals surface area contributed by atoms with E-state index in [9.17, 15) is 9.90 Å². The Balaban J connectivity index is 3.52. The van der Waals surface area contributed by atoms with Crippen LogP contribution in [-0.2, 0) is 4.79 Å². The Morgan fingerprint density at radius 3 is 2.29 bits per heavy atom. The fourth-order valence-electron chi connectivity index (χ4n) is 1.82. The summed E-state index contributed by atoms with van der Waals surface area (Å²) in [6.07, 6.45) is -1.63. The fourth-order valence-corrected chi connectivity index (χ4v) is 1.82. The molecule has 0 aliphatic carbocycles. The number of hydrogen-bond donors (Lipinski definition) is 2. The van der Waals surface area contributed by atoms with Gasteiger partial charge in [0.05, 0.1) is 14.2 Å². The molecule has 5 heteroatoms. The Morgan fingerprint density at radius 2 is 1.88 bits per heavy atom. The van der Waals surface area contributed by atoms with Crippen LogP contribution in [0.5, 0.6) is 11.5 Å². The molecule has 0 aliphatic heterocycles. The molecular weight excluding hydrogens is 224 g/mol. The number of ether oxygens (including phenoxy) is 2. The van der Waals surface area contributed by atoms with Crippen molar-refractivity contribution in [3.8, 4) is 11.5 Å². The predicted molar refractivity (Wildman–Crippen MR) is 61.6 cm³/mol. The van der Waals surface area contributed by atoms with Crippen molar-refractivity contribution in [2.24, 2.45) is 0 Å². The summed E-state index contributed by atoms with van der Waals surface area (Å²) in [5.41, 5.74) is 1.51. The molecule has 0 radical (unpaired) electrons. The number of carboxylic acid groups (broad SMARTS) is 1. The molecular formula is C12H16O5. The lowest BCUT2D eigenvalue weighted by Crippen LogP contribution is -2.14. The van der Waals surface area contributed by atoms with E-state index in [-0.39, 0.29) is 5.56 Å². The van der Waals surface area contributed by atoms with Crippen LogP contribution in [0.1, 0.15) is 22.8 Å². The highest BCUT2D eigenvalue weighted by molar-refractivity contribution is 5.77. The van der Waals surface area contributed by atoms with E-state index in [0.29, 0.717) is 22.6 Å². The quantitative estimate of drug-likeness (QED) is 0.832. The number of methoxy groups -OCH3 is 2. The van der Waals surface area contributed by atoms with Gasteiger partial charge in [0.1, 0.15) is 11.5 Å². The van der Waals surface area contributed by atoms with Gasteiger partial charge in [-0.05, 0) is 25.5 Å². The molecule has 1 aromatic carbocycles. The van der Waals surface area contributed by atoms with Gasteiger partial charge in [-0.3, -0.25) is 0 Å². The molecule has 17 heavy (non-hydrogen) atoms.